The van der Waals surface area contributed by atoms with Crippen LogP contribution < -0.4 is 33.4 Å². The molecule has 0 fully saturated rings. The zero-order valence-corrected chi connectivity index (χ0v) is 19.4. The van der Waals surface area contributed by atoms with Gasteiger partial charge in [-0.1, -0.05) is 41.7 Å². The number of esters is 1. The minimum Gasteiger partial charge on any atom is -1.00 e. The van der Waals surface area contributed by atoms with Gasteiger partial charge < -0.3 is 28.7 Å². The lowest BCUT2D eigenvalue weighted by atomic mass is 10.3. The summed E-state index contributed by atoms with van der Waals surface area (Å²) in [5, 5.41) is 1.03. The Bertz CT molecular complexity index is 1000. The van der Waals surface area contributed by atoms with Crippen molar-refractivity contribution in [1.29, 1.82) is 0 Å². The average Bonchev–Trinajstić information content (AvgIpc) is 3.03. The van der Waals surface area contributed by atoms with Crippen LogP contribution in [0.5, 0.6) is 0 Å². The topological polar surface area (TPSA) is 50.5 Å². The van der Waals surface area contributed by atoms with E-state index in [9.17, 15) is 9.59 Å². The van der Waals surface area contributed by atoms with Crippen LogP contribution in [0.4, 0.5) is 5.69 Å². The number of rotatable bonds is 7. The fourth-order valence-electron chi connectivity index (χ4n) is 2.95. The summed E-state index contributed by atoms with van der Waals surface area (Å²) in [5.41, 5.74) is 1.96. The number of nitrogens with zero attached hydrogens (tertiary/aromatic N) is 2. The number of aromatic nitrogens is 1. The third-order valence-corrected chi connectivity index (χ3v) is 5.34. The lowest BCUT2D eigenvalue weighted by Crippen LogP contribution is -3.00. The van der Waals surface area contributed by atoms with Crippen LogP contribution in [-0.4, -0.2) is 18.5 Å². The van der Waals surface area contributed by atoms with Gasteiger partial charge in [0.1, 0.15) is 4.70 Å². The van der Waals surface area contributed by atoms with Crippen LogP contribution in [0.2, 0.25) is 0 Å². The zero-order chi connectivity index (χ0) is 19.9. The second kappa shape index (κ2) is 11.1. The molecule has 1 amide bonds. The number of carbonyl (C=O) groups excluding carboxylic acids is 2. The Morgan fingerprint density at radius 3 is 2.45 bits per heavy atom. The van der Waals surface area contributed by atoms with Gasteiger partial charge in [0, 0.05) is 44.3 Å². The molecule has 2 aromatic carbocycles. The SMILES string of the molecule is CC(=O)OCCC[n+]1c(/C=C/N(C(C)=O)c2ccccc2)sc2ccccc21.[I-]. The van der Waals surface area contributed by atoms with Crippen LogP contribution in [0, 0.1) is 0 Å². The first-order valence-corrected chi connectivity index (χ1v) is 9.95. The van der Waals surface area contributed by atoms with Crippen LogP contribution in [0.15, 0.2) is 60.8 Å². The average molecular weight is 522 g/mol. The van der Waals surface area contributed by atoms with Crippen molar-refractivity contribution in [2.75, 3.05) is 11.5 Å². The summed E-state index contributed by atoms with van der Waals surface area (Å²) in [6.07, 6.45) is 4.50. The molecule has 0 atom stereocenters. The summed E-state index contributed by atoms with van der Waals surface area (Å²) >= 11 is 1.67. The van der Waals surface area contributed by atoms with E-state index in [4.69, 9.17) is 4.74 Å². The molecular formula is C22H23IN2O3S. The molecule has 0 aliphatic rings. The largest absolute Gasteiger partial charge is 1.00 e. The van der Waals surface area contributed by atoms with E-state index in [0.29, 0.717) is 6.61 Å². The highest BCUT2D eigenvalue weighted by molar-refractivity contribution is 7.18. The first-order chi connectivity index (χ1) is 13.6. The number of anilines is 1. The summed E-state index contributed by atoms with van der Waals surface area (Å²) < 4.78 is 8.43. The van der Waals surface area contributed by atoms with Crippen molar-refractivity contribution in [2.45, 2.75) is 26.8 Å². The first kappa shape index (κ1) is 23.0. The van der Waals surface area contributed by atoms with Crippen LogP contribution in [0.25, 0.3) is 16.3 Å². The quantitative estimate of drug-likeness (QED) is 0.203. The second-order valence-electron chi connectivity index (χ2n) is 6.29. The summed E-state index contributed by atoms with van der Waals surface area (Å²) in [7, 11) is 0. The molecule has 152 valence electrons. The Balaban J connectivity index is 0.00000300. The fraction of sp³-hybridized carbons (Fsp3) is 0.227. The Morgan fingerprint density at radius 1 is 1.07 bits per heavy atom. The van der Waals surface area contributed by atoms with Crippen molar-refractivity contribution >= 4 is 45.2 Å². The van der Waals surface area contributed by atoms with E-state index in [1.165, 1.54) is 11.6 Å². The maximum absolute atomic E-state index is 12.1. The van der Waals surface area contributed by atoms with Crippen molar-refractivity contribution in [1.82, 2.24) is 0 Å². The summed E-state index contributed by atoms with van der Waals surface area (Å²) in [6.45, 7) is 4.08. The molecule has 0 N–H and O–H groups in total. The van der Waals surface area contributed by atoms with Crippen LogP contribution in [-0.2, 0) is 20.9 Å². The van der Waals surface area contributed by atoms with Crippen molar-refractivity contribution in [3.63, 3.8) is 0 Å². The van der Waals surface area contributed by atoms with Gasteiger partial charge in [0.2, 0.25) is 11.4 Å². The van der Waals surface area contributed by atoms with Gasteiger partial charge >= 0.3 is 5.97 Å². The maximum atomic E-state index is 12.1. The molecule has 0 bridgehead atoms. The summed E-state index contributed by atoms with van der Waals surface area (Å²) in [4.78, 5) is 24.7. The molecule has 5 nitrogen and oxygen atoms in total. The number of benzene rings is 2. The Hall–Kier alpha value is -2.26. The minimum atomic E-state index is -0.264. The van der Waals surface area contributed by atoms with E-state index in [1.807, 2.05) is 54.7 Å². The highest BCUT2D eigenvalue weighted by Gasteiger charge is 2.19. The van der Waals surface area contributed by atoms with Crippen molar-refractivity contribution in [2.24, 2.45) is 0 Å². The number of ether oxygens (including phenoxy) is 1. The van der Waals surface area contributed by atoms with E-state index in [2.05, 4.69) is 16.7 Å². The van der Waals surface area contributed by atoms with E-state index in [0.717, 1.165) is 29.2 Å². The number of hydrogen-bond acceptors (Lipinski definition) is 4. The number of aryl methyl sites for hydroxylation is 1. The first-order valence-electron chi connectivity index (χ1n) is 9.14. The van der Waals surface area contributed by atoms with Gasteiger partial charge in [0.15, 0.2) is 6.54 Å². The number of thiazole rings is 1. The predicted molar refractivity (Wildman–Crippen MR) is 112 cm³/mol. The molecule has 1 heterocycles. The maximum Gasteiger partial charge on any atom is 0.302 e. The van der Waals surface area contributed by atoms with Crippen LogP contribution in [0.3, 0.4) is 0 Å². The molecule has 0 aliphatic heterocycles. The molecule has 3 rings (SSSR count). The summed E-state index contributed by atoms with van der Waals surface area (Å²) in [5.74, 6) is -0.315. The third kappa shape index (κ3) is 6.11. The second-order valence-corrected chi connectivity index (χ2v) is 7.36. The predicted octanol–water partition coefficient (Wildman–Crippen LogP) is 1.17. The van der Waals surface area contributed by atoms with Crippen molar-refractivity contribution < 1.29 is 42.9 Å². The number of para-hydroxylation sites is 2. The van der Waals surface area contributed by atoms with Crippen LogP contribution in [0.1, 0.15) is 25.3 Å². The normalized spacial score (nSPS) is 10.7. The van der Waals surface area contributed by atoms with E-state index in [1.54, 1.807) is 23.2 Å². The van der Waals surface area contributed by atoms with Gasteiger partial charge in [-0.25, -0.2) is 0 Å². The number of fused-ring (bicyclic) bond motifs is 1. The molecule has 0 spiro atoms. The Morgan fingerprint density at radius 2 is 1.76 bits per heavy atom. The molecule has 0 aliphatic carbocycles. The van der Waals surface area contributed by atoms with Gasteiger partial charge in [0.05, 0.1) is 6.61 Å². The summed E-state index contributed by atoms with van der Waals surface area (Å²) in [6, 6.07) is 17.7. The van der Waals surface area contributed by atoms with E-state index in [-0.39, 0.29) is 35.9 Å². The lowest BCUT2D eigenvalue weighted by molar-refractivity contribution is -0.669. The van der Waals surface area contributed by atoms with Crippen molar-refractivity contribution in [3.05, 3.63) is 65.8 Å². The molecule has 1 aromatic heterocycles. The highest BCUT2D eigenvalue weighted by Crippen LogP contribution is 2.22. The van der Waals surface area contributed by atoms with Crippen molar-refractivity contribution in [3.8, 4) is 0 Å². The molecule has 0 saturated carbocycles. The molecular weight excluding hydrogens is 499 g/mol. The molecule has 3 aromatic rings. The number of hydrogen-bond donors (Lipinski definition) is 0. The molecule has 0 saturated heterocycles. The monoisotopic (exact) mass is 522 g/mol. The zero-order valence-electron chi connectivity index (χ0n) is 16.4. The van der Waals surface area contributed by atoms with Gasteiger partial charge in [-0.2, -0.15) is 4.57 Å². The van der Waals surface area contributed by atoms with Gasteiger partial charge in [-0.15, -0.1) is 0 Å². The van der Waals surface area contributed by atoms with E-state index >= 15 is 0 Å². The lowest BCUT2D eigenvalue weighted by Gasteiger charge is -2.15. The van der Waals surface area contributed by atoms with E-state index < -0.39 is 0 Å². The highest BCUT2D eigenvalue weighted by atomic mass is 127. The molecule has 0 radical (unpaired) electrons. The fourth-order valence-corrected chi connectivity index (χ4v) is 4.03. The molecule has 29 heavy (non-hydrogen) atoms. The minimum absolute atomic E-state index is 0. The molecule has 7 heteroatoms. The Labute approximate surface area is 191 Å². The number of amides is 1. The van der Waals surface area contributed by atoms with Gasteiger partial charge in [-0.05, 0) is 18.2 Å². The number of halogens is 1. The molecule has 0 unspecified atom stereocenters. The van der Waals surface area contributed by atoms with Gasteiger partial charge in [0.25, 0.3) is 5.01 Å². The van der Waals surface area contributed by atoms with Crippen LogP contribution >= 0.6 is 11.3 Å². The Kier molecular flexibility index (Phi) is 8.78. The van der Waals surface area contributed by atoms with Gasteiger partial charge in [-0.3, -0.25) is 14.5 Å². The smallest absolute Gasteiger partial charge is 0.302 e. The third-order valence-electron chi connectivity index (χ3n) is 4.21. The number of carbonyl (C=O) groups is 2. The standard InChI is InChI=1S/C22H23N2O3S.HI/c1-17(25)23(19-9-4-3-5-10-19)15-13-22-24(14-8-16-27-18(2)26)20-11-6-7-12-21(20)28-22;/h3-7,9-13,15H,8,14,16H2,1-2H3;1H/q+1;/p-1.